The van der Waals surface area contributed by atoms with Crippen LogP contribution in [0.2, 0.25) is 0 Å². The average molecular weight is 291 g/mol. The van der Waals surface area contributed by atoms with Gasteiger partial charge in [-0.15, -0.1) is 0 Å². The summed E-state index contributed by atoms with van der Waals surface area (Å²) in [5.41, 5.74) is 5.14. The van der Waals surface area contributed by atoms with Crippen LogP contribution in [-0.4, -0.2) is 23.8 Å². The van der Waals surface area contributed by atoms with Gasteiger partial charge in [0.25, 0.3) is 0 Å². The summed E-state index contributed by atoms with van der Waals surface area (Å²) in [6.45, 7) is 7.07. The largest absolute Gasteiger partial charge is 0.292 e. The molecule has 2 heteroatoms. The lowest BCUT2D eigenvalue weighted by Gasteiger charge is -2.14. The predicted octanol–water partition coefficient (Wildman–Crippen LogP) is 3.91. The van der Waals surface area contributed by atoms with Crippen LogP contribution in [0.1, 0.15) is 32.6 Å². The maximum atomic E-state index is 12.5. The number of ketones is 1. The van der Waals surface area contributed by atoms with Crippen molar-refractivity contribution in [2.75, 3.05) is 13.1 Å². The molecular weight excluding hydrogens is 270 g/mol. The molecule has 0 N–H and O–H groups in total. The van der Waals surface area contributed by atoms with Crippen molar-refractivity contribution in [1.29, 1.82) is 0 Å². The second-order valence-electron chi connectivity index (χ2n) is 5.99. The summed E-state index contributed by atoms with van der Waals surface area (Å²) in [6.07, 6.45) is 4.38. The normalized spacial score (nSPS) is 14.5. The fourth-order valence-electron chi connectivity index (χ4n) is 2.72. The Kier molecular flexibility index (Phi) is 4.21. The zero-order valence-electron chi connectivity index (χ0n) is 13.2. The minimum atomic E-state index is 0.0949. The van der Waals surface area contributed by atoms with Gasteiger partial charge in [-0.3, -0.25) is 9.69 Å². The average Bonchev–Trinajstić information content (AvgIpc) is 3.03. The SMILES string of the molecule is Cc1ccc(C(=O)c2ccc(CN3CC=CC3)cc2)cc1C. The Hall–Kier alpha value is -2.19. The van der Waals surface area contributed by atoms with E-state index in [-0.39, 0.29) is 5.78 Å². The fourth-order valence-corrected chi connectivity index (χ4v) is 2.72. The Balaban J connectivity index is 1.73. The Bertz CT molecular complexity index is 705. The third-order valence-electron chi connectivity index (χ3n) is 4.29. The molecule has 1 heterocycles. The number of aryl methyl sites for hydroxylation is 2. The first-order valence-electron chi connectivity index (χ1n) is 7.72. The molecule has 2 aromatic rings. The van der Waals surface area contributed by atoms with Crippen LogP contribution in [0.15, 0.2) is 54.6 Å². The van der Waals surface area contributed by atoms with Gasteiger partial charge in [-0.2, -0.15) is 0 Å². The van der Waals surface area contributed by atoms with Gasteiger partial charge in [-0.05, 0) is 36.6 Å². The van der Waals surface area contributed by atoms with Crippen molar-refractivity contribution >= 4 is 5.78 Å². The molecule has 0 atom stereocenters. The number of nitrogens with zero attached hydrogens (tertiary/aromatic N) is 1. The van der Waals surface area contributed by atoms with Gasteiger partial charge < -0.3 is 0 Å². The molecule has 112 valence electrons. The molecule has 1 aliphatic rings. The lowest BCUT2D eigenvalue weighted by molar-refractivity contribution is 0.103. The van der Waals surface area contributed by atoms with Crippen molar-refractivity contribution in [1.82, 2.24) is 4.90 Å². The Morgan fingerprint density at radius 1 is 0.909 bits per heavy atom. The second kappa shape index (κ2) is 6.29. The van der Waals surface area contributed by atoms with Gasteiger partial charge in [0.1, 0.15) is 0 Å². The van der Waals surface area contributed by atoms with E-state index in [2.05, 4.69) is 36.1 Å². The summed E-state index contributed by atoms with van der Waals surface area (Å²) >= 11 is 0. The zero-order chi connectivity index (χ0) is 15.5. The topological polar surface area (TPSA) is 20.3 Å². The molecule has 1 aliphatic heterocycles. The molecule has 0 aromatic heterocycles. The summed E-state index contributed by atoms with van der Waals surface area (Å²) in [4.78, 5) is 14.9. The van der Waals surface area contributed by atoms with Gasteiger partial charge in [0.05, 0.1) is 0 Å². The number of hydrogen-bond donors (Lipinski definition) is 0. The quantitative estimate of drug-likeness (QED) is 0.629. The van der Waals surface area contributed by atoms with Crippen molar-refractivity contribution in [2.24, 2.45) is 0 Å². The van der Waals surface area contributed by atoms with E-state index in [1.54, 1.807) is 0 Å². The molecular formula is C20H21NO. The smallest absolute Gasteiger partial charge is 0.193 e. The summed E-state index contributed by atoms with van der Waals surface area (Å²) in [7, 11) is 0. The van der Waals surface area contributed by atoms with Gasteiger partial charge in [-0.1, -0.05) is 48.6 Å². The molecule has 0 spiro atoms. The maximum Gasteiger partial charge on any atom is 0.193 e. The molecule has 22 heavy (non-hydrogen) atoms. The molecule has 2 aromatic carbocycles. The number of carbonyl (C=O) groups is 1. The van der Waals surface area contributed by atoms with E-state index in [0.717, 1.165) is 36.3 Å². The molecule has 0 radical (unpaired) electrons. The summed E-state index contributed by atoms with van der Waals surface area (Å²) < 4.78 is 0. The van der Waals surface area contributed by atoms with E-state index in [4.69, 9.17) is 0 Å². The highest BCUT2D eigenvalue weighted by molar-refractivity contribution is 6.09. The van der Waals surface area contributed by atoms with E-state index >= 15 is 0 Å². The van der Waals surface area contributed by atoms with Gasteiger partial charge in [0.15, 0.2) is 5.78 Å². The van der Waals surface area contributed by atoms with E-state index in [9.17, 15) is 4.79 Å². The first-order chi connectivity index (χ1) is 10.6. The zero-order valence-corrected chi connectivity index (χ0v) is 13.2. The monoisotopic (exact) mass is 291 g/mol. The predicted molar refractivity (Wildman–Crippen MR) is 90.2 cm³/mol. The maximum absolute atomic E-state index is 12.5. The lowest BCUT2D eigenvalue weighted by atomic mass is 9.98. The molecule has 3 rings (SSSR count). The minimum absolute atomic E-state index is 0.0949. The standard InChI is InChI=1S/C20H21NO/c1-15-5-8-19(13-16(15)2)20(22)18-9-6-17(7-10-18)14-21-11-3-4-12-21/h3-10,13H,11-12,14H2,1-2H3. The van der Waals surface area contributed by atoms with Gasteiger partial charge in [0.2, 0.25) is 0 Å². The second-order valence-corrected chi connectivity index (χ2v) is 5.99. The first kappa shape index (κ1) is 14.7. The third kappa shape index (κ3) is 3.18. The molecule has 2 nitrogen and oxygen atoms in total. The van der Waals surface area contributed by atoms with Crippen LogP contribution in [0.3, 0.4) is 0 Å². The summed E-state index contributed by atoms with van der Waals surface area (Å²) in [5.74, 6) is 0.0949. The molecule has 0 aliphatic carbocycles. The highest BCUT2D eigenvalue weighted by Crippen LogP contribution is 2.16. The highest BCUT2D eigenvalue weighted by Gasteiger charge is 2.11. The number of benzene rings is 2. The van der Waals surface area contributed by atoms with Crippen molar-refractivity contribution < 1.29 is 4.79 Å². The van der Waals surface area contributed by atoms with Crippen molar-refractivity contribution in [3.63, 3.8) is 0 Å². The molecule has 0 amide bonds. The van der Waals surface area contributed by atoms with Crippen LogP contribution in [0.25, 0.3) is 0 Å². The van der Waals surface area contributed by atoms with Crippen LogP contribution >= 0.6 is 0 Å². The van der Waals surface area contributed by atoms with Crippen LogP contribution in [0, 0.1) is 13.8 Å². The Morgan fingerprint density at radius 2 is 1.55 bits per heavy atom. The van der Waals surface area contributed by atoms with Crippen LogP contribution < -0.4 is 0 Å². The van der Waals surface area contributed by atoms with E-state index in [1.165, 1.54) is 11.1 Å². The molecule has 0 bridgehead atoms. The number of hydrogen-bond acceptors (Lipinski definition) is 2. The van der Waals surface area contributed by atoms with Crippen molar-refractivity contribution in [3.8, 4) is 0 Å². The van der Waals surface area contributed by atoms with Crippen LogP contribution in [0.4, 0.5) is 0 Å². The lowest BCUT2D eigenvalue weighted by Crippen LogP contribution is -2.19. The van der Waals surface area contributed by atoms with E-state index < -0.39 is 0 Å². The summed E-state index contributed by atoms with van der Waals surface area (Å²) in [6, 6.07) is 13.9. The van der Waals surface area contributed by atoms with Gasteiger partial charge in [0, 0.05) is 30.8 Å². The molecule has 0 saturated heterocycles. The fraction of sp³-hybridized carbons (Fsp3) is 0.250. The van der Waals surface area contributed by atoms with E-state index in [0.29, 0.717) is 0 Å². The van der Waals surface area contributed by atoms with Crippen LogP contribution in [0.5, 0.6) is 0 Å². The van der Waals surface area contributed by atoms with Crippen molar-refractivity contribution in [3.05, 3.63) is 82.4 Å². The summed E-state index contributed by atoms with van der Waals surface area (Å²) in [5, 5.41) is 0. The van der Waals surface area contributed by atoms with Gasteiger partial charge in [-0.25, -0.2) is 0 Å². The van der Waals surface area contributed by atoms with E-state index in [1.807, 2.05) is 37.3 Å². The highest BCUT2D eigenvalue weighted by atomic mass is 16.1. The molecule has 0 fully saturated rings. The van der Waals surface area contributed by atoms with Crippen molar-refractivity contribution in [2.45, 2.75) is 20.4 Å². The molecule has 0 unspecified atom stereocenters. The molecule has 0 saturated carbocycles. The van der Waals surface area contributed by atoms with Crippen LogP contribution in [-0.2, 0) is 6.54 Å². The number of rotatable bonds is 4. The van der Waals surface area contributed by atoms with Gasteiger partial charge >= 0.3 is 0 Å². The Morgan fingerprint density at radius 3 is 2.18 bits per heavy atom. The number of carbonyl (C=O) groups excluding carboxylic acids is 1. The Labute approximate surface area is 132 Å². The third-order valence-corrected chi connectivity index (χ3v) is 4.29. The first-order valence-corrected chi connectivity index (χ1v) is 7.72. The minimum Gasteiger partial charge on any atom is -0.292 e.